The van der Waals surface area contributed by atoms with Gasteiger partial charge in [-0.15, -0.1) is 0 Å². The van der Waals surface area contributed by atoms with Crippen molar-refractivity contribution in [2.75, 3.05) is 26.7 Å². The Morgan fingerprint density at radius 1 is 1.14 bits per heavy atom. The predicted molar refractivity (Wildman–Crippen MR) is 62.4 cm³/mol. The fourth-order valence-electron chi connectivity index (χ4n) is 2.59. The molecule has 84 valence electrons. The Morgan fingerprint density at radius 2 is 1.71 bits per heavy atom. The van der Waals surface area contributed by atoms with E-state index in [0.29, 0.717) is 5.41 Å². The zero-order valence-electron chi connectivity index (χ0n) is 9.89. The van der Waals surface area contributed by atoms with Crippen LogP contribution in [0.1, 0.15) is 45.4 Å². The molecule has 0 aromatic carbocycles. The Kier molecular flexibility index (Phi) is 4.90. The molecule has 14 heavy (non-hydrogen) atoms. The van der Waals surface area contributed by atoms with Crippen LogP contribution in [0.4, 0.5) is 0 Å². The van der Waals surface area contributed by atoms with Gasteiger partial charge in [0.1, 0.15) is 0 Å². The minimum absolute atomic E-state index is 0.432. The smallest absolute Gasteiger partial charge is 0.00469 e. The van der Waals surface area contributed by atoms with Crippen LogP contribution in [0, 0.1) is 5.41 Å². The normalized spacial score (nSPS) is 22.3. The van der Waals surface area contributed by atoms with Gasteiger partial charge in [0.05, 0.1) is 0 Å². The molecule has 2 nitrogen and oxygen atoms in total. The number of hydrogen-bond acceptors (Lipinski definition) is 2. The van der Waals surface area contributed by atoms with E-state index in [4.69, 9.17) is 5.73 Å². The highest BCUT2D eigenvalue weighted by molar-refractivity contribution is 4.84. The topological polar surface area (TPSA) is 29.3 Å². The van der Waals surface area contributed by atoms with Gasteiger partial charge in [0.2, 0.25) is 0 Å². The van der Waals surface area contributed by atoms with Gasteiger partial charge in [-0.2, -0.15) is 0 Å². The van der Waals surface area contributed by atoms with E-state index in [0.717, 1.165) is 13.1 Å². The highest BCUT2D eigenvalue weighted by Gasteiger charge is 2.30. The van der Waals surface area contributed by atoms with E-state index in [1.165, 1.54) is 45.1 Å². The molecular weight excluding hydrogens is 172 g/mol. The summed E-state index contributed by atoms with van der Waals surface area (Å²) in [5.41, 5.74) is 6.42. The fourth-order valence-corrected chi connectivity index (χ4v) is 2.59. The predicted octanol–water partition coefficient (Wildman–Crippen LogP) is 2.24. The van der Waals surface area contributed by atoms with Crippen molar-refractivity contribution in [2.45, 2.75) is 45.4 Å². The first-order chi connectivity index (χ1) is 6.72. The summed E-state index contributed by atoms with van der Waals surface area (Å²) in [5, 5.41) is 0. The summed E-state index contributed by atoms with van der Waals surface area (Å²) in [7, 11) is 2.21. The average molecular weight is 198 g/mol. The largest absolute Gasteiger partial charge is 0.330 e. The first-order valence-electron chi connectivity index (χ1n) is 6.11. The van der Waals surface area contributed by atoms with Crippen molar-refractivity contribution in [3.05, 3.63) is 0 Å². The van der Waals surface area contributed by atoms with Gasteiger partial charge in [0.15, 0.2) is 0 Å². The lowest BCUT2D eigenvalue weighted by Crippen LogP contribution is -2.40. The molecule has 1 fully saturated rings. The van der Waals surface area contributed by atoms with Crippen molar-refractivity contribution in [1.29, 1.82) is 0 Å². The minimum Gasteiger partial charge on any atom is -0.330 e. The highest BCUT2D eigenvalue weighted by Crippen LogP contribution is 2.34. The molecule has 0 atom stereocenters. The van der Waals surface area contributed by atoms with E-state index in [1.807, 2.05) is 0 Å². The van der Waals surface area contributed by atoms with Crippen molar-refractivity contribution < 1.29 is 0 Å². The van der Waals surface area contributed by atoms with Crippen molar-refractivity contribution in [2.24, 2.45) is 11.1 Å². The maximum Gasteiger partial charge on any atom is 0.00469 e. The third-order valence-corrected chi connectivity index (χ3v) is 3.74. The number of hydrogen-bond donors (Lipinski definition) is 1. The van der Waals surface area contributed by atoms with Gasteiger partial charge in [0.25, 0.3) is 0 Å². The lowest BCUT2D eigenvalue weighted by Gasteiger charge is -2.35. The van der Waals surface area contributed by atoms with Crippen molar-refractivity contribution in [3.8, 4) is 0 Å². The van der Waals surface area contributed by atoms with E-state index in [9.17, 15) is 0 Å². The average Bonchev–Trinajstić information content (AvgIpc) is 2.44. The molecule has 2 N–H and O–H groups in total. The quantitative estimate of drug-likeness (QED) is 0.702. The first kappa shape index (κ1) is 12.0. The number of rotatable bonds is 4. The van der Waals surface area contributed by atoms with E-state index in [-0.39, 0.29) is 0 Å². The van der Waals surface area contributed by atoms with E-state index < -0.39 is 0 Å². The van der Waals surface area contributed by atoms with Gasteiger partial charge >= 0.3 is 0 Å². The SMILES string of the molecule is CCN(C)CC1(CN)CCCCCC1. The van der Waals surface area contributed by atoms with E-state index >= 15 is 0 Å². The molecule has 0 saturated heterocycles. The summed E-state index contributed by atoms with van der Waals surface area (Å²) in [6.07, 6.45) is 8.28. The Balaban J connectivity index is 2.53. The van der Waals surface area contributed by atoms with Gasteiger partial charge in [-0.25, -0.2) is 0 Å². The molecule has 0 aliphatic heterocycles. The molecule has 1 saturated carbocycles. The Morgan fingerprint density at radius 3 is 2.14 bits per heavy atom. The monoisotopic (exact) mass is 198 g/mol. The van der Waals surface area contributed by atoms with Crippen LogP contribution in [-0.4, -0.2) is 31.6 Å². The summed E-state index contributed by atoms with van der Waals surface area (Å²) < 4.78 is 0. The maximum absolute atomic E-state index is 5.98. The minimum atomic E-state index is 0.432. The molecule has 0 unspecified atom stereocenters. The van der Waals surface area contributed by atoms with Gasteiger partial charge in [-0.3, -0.25) is 0 Å². The van der Waals surface area contributed by atoms with Crippen LogP contribution in [0.5, 0.6) is 0 Å². The first-order valence-corrected chi connectivity index (χ1v) is 6.11. The number of nitrogens with two attached hydrogens (primary N) is 1. The third-order valence-electron chi connectivity index (χ3n) is 3.74. The molecule has 0 heterocycles. The lowest BCUT2D eigenvalue weighted by atomic mass is 9.80. The highest BCUT2D eigenvalue weighted by atomic mass is 15.1. The van der Waals surface area contributed by atoms with Crippen molar-refractivity contribution in [1.82, 2.24) is 4.90 Å². The Hall–Kier alpha value is -0.0800. The molecule has 1 aliphatic carbocycles. The second kappa shape index (κ2) is 5.72. The standard InChI is InChI=1S/C12H26N2/c1-3-14(2)11-12(10-13)8-6-4-5-7-9-12/h3-11,13H2,1-2H3. The summed E-state index contributed by atoms with van der Waals surface area (Å²) in [6.45, 7) is 5.43. The zero-order valence-corrected chi connectivity index (χ0v) is 9.89. The van der Waals surface area contributed by atoms with Crippen molar-refractivity contribution in [3.63, 3.8) is 0 Å². The van der Waals surface area contributed by atoms with Crippen LogP contribution in [0.15, 0.2) is 0 Å². The van der Waals surface area contributed by atoms with Crippen LogP contribution < -0.4 is 5.73 Å². The summed E-state index contributed by atoms with van der Waals surface area (Å²) in [4.78, 5) is 2.41. The molecule has 0 bridgehead atoms. The van der Waals surface area contributed by atoms with Crippen LogP contribution in [-0.2, 0) is 0 Å². The van der Waals surface area contributed by atoms with Crippen molar-refractivity contribution >= 4 is 0 Å². The summed E-state index contributed by atoms with van der Waals surface area (Å²) in [6, 6.07) is 0. The molecule has 2 heteroatoms. The molecule has 1 aliphatic rings. The Bertz CT molecular complexity index is 148. The zero-order chi connectivity index (χ0) is 10.4. The molecular formula is C12H26N2. The van der Waals surface area contributed by atoms with Crippen LogP contribution in [0.2, 0.25) is 0 Å². The molecule has 0 amide bonds. The second-order valence-electron chi connectivity index (χ2n) is 4.95. The van der Waals surface area contributed by atoms with Gasteiger partial charge in [-0.1, -0.05) is 32.6 Å². The molecule has 0 aromatic rings. The molecule has 0 aromatic heterocycles. The molecule has 1 rings (SSSR count). The lowest BCUT2D eigenvalue weighted by molar-refractivity contribution is 0.162. The maximum atomic E-state index is 5.98. The van der Waals surface area contributed by atoms with Crippen LogP contribution >= 0.6 is 0 Å². The van der Waals surface area contributed by atoms with E-state index in [2.05, 4.69) is 18.9 Å². The molecule has 0 radical (unpaired) electrons. The van der Waals surface area contributed by atoms with Gasteiger partial charge in [0, 0.05) is 6.54 Å². The summed E-state index contributed by atoms with van der Waals surface area (Å²) >= 11 is 0. The second-order valence-corrected chi connectivity index (χ2v) is 4.95. The van der Waals surface area contributed by atoms with E-state index in [1.54, 1.807) is 0 Å². The van der Waals surface area contributed by atoms with Gasteiger partial charge in [-0.05, 0) is 38.4 Å². The fraction of sp³-hybridized carbons (Fsp3) is 1.00. The third kappa shape index (κ3) is 3.25. The van der Waals surface area contributed by atoms with Crippen LogP contribution in [0.25, 0.3) is 0 Å². The number of nitrogens with zero attached hydrogens (tertiary/aromatic N) is 1. The van der Waals surface area contributed by atoms with Gasteiger partial charge < -0.3 is 10.6 Å². The molecule has 0 spiro atoms. The Labute approximate surface area is 88.8 Å². The summed E-state index contributed by atoms with van der Waals surface area (Å²) in [5.74, 6) is 0. The van der Waals surface area contributed by atoms with Crippen LogP contribution in [0.3, 0.4) is 0 Å².